The molecule has 112 valence electrons. The molecule has 0 aliphatic rings. The molecule has 0 saturated heterocycles. The lowest BCUT2D eigenvalue weighted by molar-refractivity contribution is 0.293. The Morgan fingerprint density at radius 1 is 1.24 bits per heavy atom. The lowest BCUT2D eigenvalue weighted by Crippen LogP contribution is -2.27. The Kier molecular flexibility index (Phi) is 5.11. The SMILES string of the molecule is Cc1cc(C)n(CCOc2ccc(CCN)cc2)c(=O)n1. The van der Waals surface area contributed by atoms with Gasteiger partial charge in [-0.05, 0) is 50.6 Å². The van der Waals surface area contributed by atoms with E-state index in [9.17, 15) is 4.79 Å². The first kappa shape index (κ1) is 15.3. The summed E-state index contributed by atoms with van der Waals surface area (Å²) in [6.45, 7) is 5.28. The van der Waals surface area contributed by atoms with Crippen LogP contribution in [-0.2, 0) is 13.0 Å². The summed E-state index contributed by atoms with van der Waals surface area (Å²) in [5.74, 6) is 0.793. The maximum absolute atomic E-state index is 11.8. The smallest absolute Gasteiger partial charge is 0.348 e. The van der Waals surface area contributed by atoms with Gasteiger partial charge in [-0.15, -0.1) is 0 Å². The van der Waals surface area contributed by atoms with E-state index in [1.807, 2.05) is 44.2 Å². The molecule has 2 N–H and O–H groups in total. The summed E-state index contributed by atoms with van der Waals surface area (Å²) in [4.78, 5) is 15.7. The van der Waals surface area contributed by atoms with Crippen molar-refractivity contribution in [3.05, 3.63) is 57.8 Å². The van der Waals surface area contributed by atoms with E-state index in [0.717, 1.165) is 23.6 Å². The lowest BCUT2D eigenvalue weighted by Gasteiger charge is -2.11. The zero-order valence-corrected chi connectivity index (χ0v) is 12.5. The monoisotopic (exact) mass is 287 g/mol. The number of nitrogens with two attached hydrogens (primary N) is 1. The molecule has 5 heteroatoms. The van der Waals surface area contributed by atoms with Crippen molar-refractivity contribution in [2.24, 2.45) is 5.73 Å². The molecule has 2 aromatic rings. The van der Waals surface area contributed by atoms with Crippen molar-refractivity contribution in [2.45, 2.75) is 26.8 Å². The molecule has 1 aromatic heterocycles. The molecule has 0 fully saturated rings. The number of ether oxygens (including phenoxy) is 1. The number of aryl methyl sites for hydroxylation is 2. The molecule has 2 rings (SSSR count). The molecular weight excluding hydrogens is 266 g/mol. The van der Waals surface area contributed by atoms with Crippen LogP contribution in [0.2, 0.25) is 0 Å². The number of hydrogen-bond donors (Lipinski definition) is 1. The number of hydrogen-bond acceptors (Lipinski definition) is 4. The molecule has 1 aromatic carbocycles. The zero-order chi connectivity index (χ0) is 15.2. The highest BCUT2D eigenvalue weighted by molar-refractivity contribution is 5.27. The quantitative estimate of drug-likeness (QED) is 0.873. The van der Waals surface area contributed by atoms with E-state index in [1.165, 1.54) is 5.56 Å². The van der Waals surface area contributed by atoms with E-state index in [-0.39, 0.29) is 5.69 Å². The molecule has 1 heterocycles. The van der Waals surface area contributed by atoms with Gasteiger partial charge in [-0.1, -0.05) is 12.1 Å². The summed E-state index contributed by atoms with van der Waals surface area (Å²) in [6, 6.07) is 9.76. The van der Waals surface area contributed by atoms with Gasteiger partial charge in [-0.3, -0.25) is 4.57 Å². The van der Waals surface area contributed by atoms with Crippen LogP contribution < -0.4 is 16.2 Å². The molecule has 0 aliphatic heterocycles. The normalized spacial score (nSPS) is 10.6. The van der Waals surface area contributed by atoms with Crippen molar-refractivity contribution in [1.82, 2.24) is 9.55 Å². The first-order chi connectivity index (χ1) is 10.1. The minimum absolute atomic E-state index is 0.227. The standard InChI is InChI=1S/C16H21N3O2/c1-12-11-13(2)19(16(20)18-12)9-10-21-15-5-3-14(4-6-15)7-8-17/h3-6,11H,7-10,17H2,1-2H3. The van der Waals surface area contributed by atoms with Gasteiger partial charge < -0.3 is 10.5 Å². The van der Waals surface area contributed by atoms with Crippen LogP contribution in [-0.4, -0.2) is 22.7 Å². The van der Waals surface area contributed by atoms with Crippen molar-refractivity contribution >= 4 is 0 Å². The first-order valence-electron chi connectivity index (χ1n) is 7.07. The maximum atomic E-state index is 11.8. The van der Waals surface area contributed by atoms with Gasteiger partial charge in [0.15, 0.2) is 0 Å². The van der Waals surface area contributed by atoms with Crippen LogP contribution in [0.4, 0.5) is 0 Å². The van der Waals surface area contributed by atoms with Gasteiger partial charge in [-0.2, -0.15) is 4.98 Å². The van der Waals surface area contributed by atoms with Crippen molar-refractivity contribution in [3.63, 3.8) is 0 Å². The number of aromatic nitrogens is 2. The van der Waals surface area contributed by atoms with E-state index in [2.05, 4.69) is 4.98 Å². The minimum atomic E-state index is -0.227. The topological polar surface area (TPSA) is 70.1 Å². The van der Waals surface area contributed by atoms with E-state index in [0.29, 0.717) is 19.7 Å². The summed E-state index contributed by atoms with van der Waals surface area (Å²) in [5.41, 5.74) is 8.12. The zero-order valence-electron chi connectivity index (χ0n) is 12.5. The molecule has 0 radical (unpaired) electrons. The summed E-state index contributed by atoms with van der Waals surface area (Å²) >= 11 is 0. The third kappa shape index (κ3) is 4.16. The third-order valence-corrected chi connectivity index (χ3v) is 3.29. The highest BCUT2D eigenvalue weighted by atomic mass is 16.5. The highest BCUT2D eigenvalue weighted by Crippen LogP contribution is 2.12. The summed E-state index contributed by atoms with van der Waals surface area (Å²) in [7, 11) is 0. The summed E-state index contributed by atoms with van der Waals surface area (Å²) < 4.78 is 7.29. The Balaban J connectivity index is 1.94. The summed E-state index contributed by atoms with van der Waals surface area (Å²) in [5, 5.41) is 0. The van der Waals surface area contributed by atoms with Gasteiger partial charge in [0.1, 0.15) is 12.4 Å². The largest absolute Gasteiger partial charge is 0.492 e. The van der Waals surface area contributed by atoms with Crippen LogP contribution in [0.5, 0.6) is 5.75 Å². The van der Waals surface area contributed by atoms with Crippen molar-refractivity contribution in [3.8, 4) is 5.75 Å². The Hall–Kier alpha value is -2.14. The predicted molar refractivity (Wildman–Crippen MR) is 82.7 cm³/mol. The Bertz CT molecular complexity index is 648. The fourth-order valence-electron chi connectivity index (χ4n) is 2.22. The molecule has 0 aliphatic carbocycles. The van der Waals surface area contributed by atoms with Crippen LogP contribution in [0.25, 0.3) is 0 Å². The van der Waals surface area contributed by atoms with Crippen LogP contribution in [0.3, 0.4) is 0 Å². The molecule has 0 unspecified atom stereocenters. The van der Waals surface area contributed by atoms with Gasteiger partial charge in [0.25, 0.3) is 0 Å². The molecule has 21 heavy (non-hydrogen) atoms. The second kappa shape index (κ2) is 7.04. The van der Waals surface area contributed by atoms with E-state index >= 15 is 0 Å². The van der Waals surface area contributed by atoms with Gasteiger partial charge in [0.05, 0.1) is 6.54 Å². The predicted octanol–water partition coefficient (Wildman–Crippen LogP) is 1.44. The van der Waals surface area contributed by atoms with Crippen LogP contribution in [0.1, 0.15) is 17.0 Å². The molecule has 0 spiro atoms. The first-order valence-corrected chi connectivity index (χ1v) is 7.07. The third-order valence-electron chi connectivity index (χ3n) is 3.29. The van der Waals surface area contributed by atoms with Crippen molar-refractivity contribution in [1.29, 1.82) is 0 Å². The minimum Gasteiger partial charge on any atom is -0.492 e. The molecule has 0 bridgehead atoms. The van der Waals surface area contributed by atoms with Gasteiger partial charge in [0.2, 0.25) is 0 Å². The van der Waals surface area contributed by atoms with Crippen LogP contribution in [0, 0.1) is 13.8 Å². The number of nitrogens with zero attached hydrogens (tertiary/aromatic N) is 2. The molecular formula is C16H21N3O2. The average Bonchev–Trinajstić information content (AvgIpc) is 2.44. The highest BCUT2D eigenvalue weighted by Gasteiger charge is 2.03. The van der Waals surface area contributed by atoms with Crippen LogP contribution >= 0.6 is 0 Å². The van der Waals surface area contributed by atoms with Crippen LogP contribution in [0.15, 0.2) is 35.1 Å². The van der Waals surface area contributed by atoms with Gasteiger partial charge >= 0.3 is 5.69 Å². The molecule has 0 atom stereocenters. The lowest BCUT2D eigenvalue weighted by atomic mass is 10.1. The summed E-state index contributed by atoms with van der Waals surface area (Å²) in [6.07, 6.45) is 0.865. The van der Waals surface area contributed by atoms with Gasteiger partial charge in [0, 0.05) is 11.4 Å². The fourth-order valence-corrected chi connectivity index (χ4v) is 2.22. The molecule has 0 saturated carbocycles. The Morgan fingerprint density at radius 2 is 1.95 bits per heavy atom. The van der Waals surface area contributed by atoms with Crippen molar-refractivity contribution < 1.29 is 4.74 Å². The van der Waals surface area contributed by atoms with E-state index < -0.39 is 0 Å². The average molecular weight is 287 g/mol. The van der Waals surface area contributed by atoms with E-state index in [4.69, 9.17) is 10.5 Å². The molecule has 5 nitrogen and oxygen atoms in total. The van der Waals surface area contributed by atoms with E-state index in [1.54, 1.807) is 4.57 Å². The maximum Gasteiger partial charge on any atom is 0.348 e. The molecule has 0 amide bonds. The second-order valence-electron chi connectivity index (χ2n) is 5.00. The fraction of sp³-hybridized carbons (Fsp3) is 0.375. The van der Waals surface area contributed by atoms with Gasteiger partial charge in [-0.25, -0.2) is 4.79 Å². The Labute approximate surface area is 124 Å². The van der Waals surface area contributed by atoms with Crippen molar-refractivity contribution in [2.75, 3.05) is 13.2 Å². The number of benzene rings is 1. The Morgan fingerprint density at radius 3 is 2.57 bits per heavy atom. The number of rotatable bonds is 6. The second-order valence-corrected chi connectivity index (χ2v) is 5.00.